The fourth-order valence-electron chi connectivity index (χ4n) is 2.14. The lowest BCUT2D eigenvalue weighted by molar-refractivity contribution is 0.242. The Morgan fingerprint density at radius 3 is 2.57 bits per heavy atom. The molecule has 0 amide bonds. The zero-order valence-corrected chi connectivity index (χ0v) is 14.2. The number of hydrogen-bond donors (Lipinski definition) is 1. The number of rotatable bonds is 5. The van der Waals surface area contributed by atoms with Crippen molar-refractivity contribution in [3.8, 4) is 5.75 Å². The lowest BCUT2D eigenvalue weighted by Crippen LogP contribution is -2.17. The zero-order valence-electron chi connectivity index (χ0n) is 12.6. The maximum Gasteiger partial charge on any atom is 0.123 e. The van der Waals surface area contributed by atoms with Crippen LogP contribution >= 0.6 is 15.9 Å². The number of hydrogen-bond acceptors (Lipinski definition) is 3. The van der Waals surface area contributed by atoms with E-state index in [4.69, 9.17) is 10.5 Å². The Balaban J connectivity index is 2.20. The van der Waals surface area contributed by atoms with E-state index in [0.29, 0.717) is 5.69 Å². The van der Waals surface area contributed by atoms with Gasteiger partial charge in [0, 0.05) is 41.6 Å². The largest absolute Gasteiger partial charge is 0.491 e. The van der Waals surface area contributed by atoms with Gasteiger partial charge in [-0.05, 0) is 31.5 Å². The van der Waals surface area contributed by atoms with Crippen molar-refractivity contribution in [2.45, 2.75) is 26.5 Å². The minimum atomic E-state index is 0.133. The van der Waals surface area contributed by atoms with Crippen LogP contribution in [0.5, 0.6) is 5.75 Å². The molecule has 0 fully saturated rings. The van der Waals surface area contributed by atoms with Gasteiger partial charge in [-0.3, -0.25) is 0 Å². The number of nitrogens with zero attached hydrogens (tertiary/aromatic N) is 1. The van der Waals surface area contributed by atoms with Crippen LogP contribution in [0, 0.1) is 0 Å². The van der Waals surface area contributed by atoms with E-state index in [-0.39, 0.29) is 6.10 Å². The second-order valence-corrected chi connectivity index (χ2v) is 6.23. The fraction of sp³-hybridized carbons (Fsp3) is 0.294. The van der Waals surface area contributed by atoms with Gasteiger partial charge in [0.2, 0.25) is 0 Å². The monoisotopic (exact) mass is 348 g/mol. The number of ether oxygens (including phenoxy) is 1. The molecule has 2 aromatic rings. The highest BCUT2D eigenvalue weighted by atomic mass is 79.9. The minimum Gasteiger partial charge on any atom is -0.491 e. The van der Waals surface area contributed by atoms with Crippen molar-refractivity contribution in [1.82, 2.24) is 0 Å². The average Bonchev–Trinajstić information content (AvgIpc) is 2.40. The van der Waals surface area contributed by atoms with E-state index < -0.39 is 0 Å². The standard InChI is InChI=1S/C17H21BrN2O/c1-12(2)21-16-9-14(19)8-15(10-16)20(3)11-13-6-4-5-7-17(13)18/h4-10,12H,11,19H2,1-3H3. The lowest BCUT2D eigenvalue weighted by Gasteiger charge is -2.22. The SMILES string of the molecule is CC(C)Oc1cc(N)cc(N(C)Cc2ccccc2Br)c1. The van der Waals surface area contributed by atoms with Crippen molar-refractivity contribution >= 4 is 27.3 Å². The first-order chi connectivity index (χ1) is 9.95. The normalized spacial score (nSPS) is 10.7. The Labute approximate surface area is 134 Å². The van der Waals surface area contributed by atoms with E-state index in [1.165, 1.54) is 5.56 Å². The molecule has 0 unspecified atom stereocenters. The Morgan fingerprint density at radius 2 is 1.90 bits per heavy atom. The van der Waals surface area contributed by atoms with Gasteiger partial charge in [0.05, 0.1) is 6.10 Å². The summed E-state index contributed by atoms with van der Waals surface area (Å²) < 4.78 is 6.85. The summed E-state index contributed by atoms with van der Waals surface area (Å²) in [5.41, 5.74) is 8.96. The summed E-state index contributed by atoms with van der Waals surface area (Å²) in [6, 6.07) is 14.1. The van der Waals surface area contributed by atoms with Gasteiger partial charge in [-0.25, -0.2) is 0 Å². The van der Waals surface area contributed by atoms with Crippen molar-refractivity contribution in [3.63, 3.8) is 0 Å². The van der Waals surface area contributed by atoms with Crippen molar-refractivity contribution < 1.29 is 4.74 Å². The molecular formula is C17H21BrN2O. The summed E-state index contributed by atoms with van der Waals surface area (Å²) in [4.78, 5) is 2.16. The predicted molar refractivity (Wildman–Crippen MR) is 92.9 cm³/mol. The Hall–Kier alpha value is -1.68. The van der Waals surface area contributed by atoms with E-state index in [9.17, 15) is 0 Å². The maximum atomic E-state index is 5.98. The van der Waals surface area contributed by atoms with Crippen LogP contribution in [0.2, 0.25) is 0 Å². The van der Waals surface area contributed by atoms with E-state index in [1.807, 2.05) is 51.2 Å². The predicted octanol–water partition coefficient (Wildman–Crippen LogP) is 4.45. The summed E-state index contributed by atoms with van der Waals surface area (Å²) >= 11 is 3.58. The molecule has 0 saturated heterocycles. The summed E-state index contributed by atoms with van der Waals surface area (Å²) in [5, 5.41) is 0. The quantitative estimate of drug-likeness (QED) is 0.811. The first-order valence-electron chi connectivity index (χ1n) is 6.97. The summed E-state index contributed by atoms with van der Waals surface area (Å²) in [7, 11) is 2.05. The maximum absolute atomic E-state index is 5.98. The average molecular weight is 349 g/mol. The molecule has 0 spiro atoms. The number of anilines is 2. The van der Waals surface area contributed by atoms with Crippen LogP contribution in [-0.2, 0) is 6.54 Å². The van der Waals surface area contributed by atoms with Gasteiger partial charge >= 0.3 is 0 Å². The van der Waals surface area contributed by atoms with Crippen LogP contribution in [0.15, 0.2) is 46.9 Å². The molecule has 0 heterocycles. The van der Waals surface area contributed by atoms with Gasteiger partial charge in [0.25, 0.3) is 0 Å². The first-order valence-corrected chi connectivity index (χ1v) is 7.77. The molecule has 3 nitrogen and oxygen atoms in total. The third-order valence-corrected chi connectivity index (χ3v) is 3.87. The van der Waals surface area contributed by atoms with Crippen LogP contribution in [-0.4, -0.2) is 13.2 Å². The second kappa shape index (κ2) is 6.85. The van der Waals surface area contributed by atoms with Gasteiger partial charge in [0.1, 0.15) is 5.75 Å². The van der Waals surface area contributed by atoms with Gasteiger partial charge in [-0.15, -0.1) is 0 Å². The molecule has 0 aliphatic heterocycles. The molecule has 0 saturated carbocycles. The van der Waals surface area contributed by atoms with Crippen LogP contribution in [0.4, 0.5) is 11.4 Å². The molecular weight excluding hydrogens is 328 g/mol. The summed E-state index contributed by atoms with van der Waals surface area (Å²) in [5.74, 6) is 0.805. The molecule has 112 valence electrons. The van der Waals surface area contributed by atoms with E-state index >= 15 is 0 Å². The molecule has 21 heavy (non-hydrogen) atoms. The molecule has 2 N–H and O–H groups in total. The van der Waals surface area contributed by atoms with Gasteiger partial charge < -0.3 is 15.4 Å². The highest BCUT2D eigenvalue weighted by molar-refractivity contribution is 9.10. The zero-order chi connectivity index (χ0) is 15.4. The smallest absolute Gasteiger partial charge is 0.123 e. The molecule has 0 aromatic heterocycles. The van der Waals surface area contributed by atoms with Crippen LogP contribution in [0.25, 0.3) is 0 Å². The van der Waals surface area contributed by atoms with Crippen LogP contribution in [0.1, 0.15) is 19.4 Å². The van der Waals surface area contributed by atoms with Gasteiger partial charge in [-0.2, -0.15) is 0 Å². The molecule has 0 aliphatic carbocycles. The van der Waals surface area contributed by atoms with E-state index in [1.54, 1.807) is 0 Å². The first kappa shape index (κ1) is 15.7. The molecule has 0 aliphatic rings. The van der Waals surface area contributed by atoms with Gasteiger partial charge in [0.15, 0.2) is 0 Å². The number of halogens is 1. The number of nitrogens with two attached hydrogens (primary N) is 1. The minimum absolute atomic E-state index is 0.133. The third kappa shape index (κ3) is 4.39. The van der Waals surface area contributed by atoms with E-state index in [0.717, 1.165) is 22.5 Å². The van der Waals surface area contributed by atoms with Crippen molar-refractivity contribution in [2.24, 2.45) is 0 Å². The Morgan fingerprint density at radius 1 is 1.19 bits per heavy atom. The molecule has 0 bridgehead atoms. The Bertz CT molecular complexity index is 613. The van der Waals surface area contributed by atoms with E-state index in [2.05, 4.69) is 33.0 Å². The molecule has 2 aromatic carbocycles. The lowest BCUT2D eigenvalue weighted by atomic mass is 10.2. The van der Waals surface area contributed by atoms with Crippen LogP contribution in [0.3, 0.4) is 0 Å². The molecule has 2 rings (SSSR count). The van der Waals surface area contributed by atoms with Gasteiger partial charge in [-0.1, -0.05) is 34.1 Å². The molecule has 4 heteroatoms. The molecule has 0 atom stereocenters. The number of nitrogen functional groups attached to an aromatic ring is 1. The van der Waals surface area contributed by atoms with Crippen molar-refractivity contribution in [3.05, 3.63) is 52.5 Å². The third-order valence-electron chi connectivity index (χ3n) is 3.09. The highest BCUT2D eigenvalue weighted by Gasteiger charge is 2.08. The summed E-state index contributed by atoms with van der Waals surface area (Å²) in [6.07, 6.45) is 0.133. The fourth-order valence-corrected chi connectivity index (χ4v) is 2.55. The summed E-state index contributed by atoms with van der Waals surface area (Å²) in [6.45, 7) is 4.81. The van der Waals surface area contributed by atoms with Crippen LogP contribution < -0.4 is 15.4 Å². The topological polar surface area (TPSA) is 38.5 Å². The molecule has 0 radical (unpaired) electrons. The van der Waals surface area contributed by atoms with Crippen molar-refractivity contribution in [1.29, 1.82) is 0 Å². The second-order valence-electron chi connectivity index (χ2n) is 5.37. The Kier molecular flexibility index (Phi) is 5.12. The van der Waals surface area contributed by atoms with Crippen molar-refractivity contribution in [2.75, 3.05) is 17.7 Å². The number of benzene rings is 2. The highest BCUT2D eigenvalue weighted by Crippen LogP contribution is 2.27.